The van der Waals surface area contributed by atoms with Gasteiger partial charge in [-0.15, -0.1) is 0 Å². The summed E-state index contributed by atoms with van der Waals surface area (Å²) in [5, 5.41) is 4.15. The van der Waals surface area contributed by atoms with Gasteiger partial charge in [0.05, 0.1) is 0 Å². The Labute approximate surface area is 195 Å². The lowest BCUT2D eigenvalue weighted by Gasteiger charge is -2.17. The fourth-order valence-corrected chi connectivity index (χ4v) is 3.36. The Morgan fingerprint density at radius 2 is 1.88 bits per heavy atom. The SMILES string of the molecule is CCc1ccc(COc2ccc(-c3nn(C)c(OC(F)F)c3Cl)cc2)c(OC(C)C(N)=O)c1. The maximum Gasteiger partial charge on any atom is 0.388 e. The molecule has 0 fully saturated rings. The van der Waals surface area contributed by atoms with Gasteiger partial charge >= 0.3 is 6.61 Å². The van der Waals surface area contributed by atoms with Gasteiger partial charge in [-0.1, -0.05) is 30.7 Å². The molecule has 176 valence electrons. The van der Waals surface area contributed by atoms with Crippen LogP contribution in [0, 0.1) is 0 Å². The number of rotatable bonds is 10. The van der Waals surface area contributed by atoms with E-state index in [1.807, 2.05) is 25.1 Å². The van der Waals surface area contributed by atoms with Crippen LogP contribution in [0.5, 0.6) is 17.4 Å². The Morgan fingerprint density at radius 1 is 1.18 bits per heavy atom. The third kappa shape index (κ3) is 5.92. The molecule has 7 nitrogen and oxygen atoms in total. The molecule has 3 rings (SSSR count). The highest BCUT2D eigenvalue weighted by atomic mass is 35.5. The first-order valence-electron chi connectivity index (χ1n) is 10.2. The van der Waals surface area contributed by atoms with Crippen LogP contribution in [0.4, 0.5) is 8.78 Å². The van der Waals surface area contributed by atoms with Gasteiger partial charge in [0, 0.05) is 18.2 Å². The largest absolute Gasteiger partial charge is 0.489 e. The number of nitrogens with two attached hydrogens (primary N) is 1. The monoisotopic (exact) mass is 479 g/mol. The van der Waals surface area contributed by atoms with Crippen LogP contribution in [0.1, 0.15) is 25.0 Å². The number of nitrogens with zero attached hydrogens (tertiary/aromatic N) is 2. The molecule has 0 saturated heterocycles. The fourth-order valence-electron chi connectivity index (χ4n) is 3.05. The second-order valence-electron chi connectivity index (χ2n) is 7.24. The lowest BCUT2D eigenvalue weighted by Crippen LogP contribution is -2.31. The zero-order valence-corrected chi connectivity index (χ0v) is 19.1. The Hall–Kier alpha value is -3.33. The van der Waals surface area contributed by atoms with E-state index in [-0.39, 0.29) is 17.5 Å². The molecule has 10 heteroatoms. The number of hydrogen-bond donors (Lipinski definition) is 1. The average molecular weight is 480 g/mol. The van der Waals surface area contributed by atoms with Crippen LogP contribution in [-0.2, 0) is 24.9 Å². The second kappa shape index (κ2) is 10.5. The van der Waals surface area contributed by atoms with E-state index in [4.69, 9.17) is 26.8 Å². The number of primary amides is 1. The molecule has 1 atom stereocenters. The van der Waals surface area contributed by atoms with E-state index in [1.54, 1.807) is 31.2 Å². The molecule has 0 bridgehead atoms. The molecule has 1 unspecified atom stereocenters. The molecule has 1 heterocycles. The van der Waals surface area contributed by atoms with Crippen LogP contribution in [0.25, 0.3) is 11.3 Å². The van der Waals surface area contributed by atoms with Crippen LogP contribution in [0.15, 0.2) is 42.5 Å². The lowest BCUT2D eigenvalue weighted by molar-refractivity contribution is -0.124. The van der Waals surface area contributed by atoms with Crippen molar-refractivity contribution >= 4 is 17.5 Å². The third-order valence-corrected chi connectivity index (χ3v) is 5.25. The molecule has 0 radical (unpaired) electrons. The molecule has 0 aliphatic rings. The summed E-state index contributed by atoms with van der Waals surface area (Å²) in [7, 11) is 1.47. The zero-order chi connectivity index (χ0) is 24.1. The van der Waals surface area contributed by atoms with Gasteiger partial charge in [0.25, 0.3) is 5.91 Å². The molecule has 2 aromatic carbocycles. The van der Waals surface area contributed by atoms with Gasteiger partial charge in [0.1, 0.15) is 28.8 Å². The van der Waals surface area contributed by atoms with Gasteiger partial charge in [0.2, 0.25) is 5.88 Å². The van der Waals surface area contributed by atoms with Crippen molar-refractivity contribution in [2.24, 2.45) is 12.8 Å². The highest BCUT2D eigenvalue weighted by Crippen LogP contribution is 2.36. The highest BCUT2D eigenvalue weighted by Gasteiger charge is 2.20. The highest BCUT2D eigenvalue weighted by molar-refractivity contribution is 6.34. The molecule has 0 aliphatic heterocycles. The fraction of sp³-hybridized carbons (Fsp3) is 0.304. The standard InChI is InChI=1S/C23H24ClF2N3O4/c1-4-14-5-6-16(18(11-14)32-13(2)21(27)30)12-31-17-9-7-15(8-10-17)20-19(24)22(29(3)28-20)33-23(25)26/h5-11,13,23H,4,12H2,1-3H3,(H2,27,30). The van der Waals surface area contributed by atoms with Gasteiger partial charge in [-0.2, -0.15) is 13.9 Å². The minimum atomic E-state index is -3.01. The van der Waals surface area contributed by atoms with E-state index < -0.39 is 18.6 Å². The van der Waals surface area contributed by atoms with E-state index in [0.29, 0.717) is 22.8 Å². The Kier molecular flexibility index (Phi) is 7.75. The van der Waals surface area contributed by atoms with Crippen LogP contribution >= 0.6 is 11.6 Å². The normalized spacial score (nSPS) is 12.0. The summed E-state index contributed by atoms with van der Waals surface area (Å²) >= 11 is 6.18. The molecule has 1 amide bonds. The van der Waals surface area contributed by atoms with Gasteiger partial charge in [-0.25, -0.2) is 4.68 Å². The molecule has 33 heavy (non-hydrogen) atoms. The summed E-state index contributed by atoms with van der Waals surface area (Å²) in [5.74, 6) is 0.317. The summed E-state index contributed by atoms with van der Waals surface area (Å²) in [6, 6.07) is 12.6. The molecule has 0 saturated carbocycles. The molecule has 1 aromatic heterocycles. The summed E-state index contributed by atoms with van der Waals surface area (Å²) in [6.07, 6.45) is 0.0292. The van der Waals surface area contributed by atoms with E-state index in [2.05, 4.69) is 9.84 Å². The van der Waals surface area contributed by atoms with Gasteiger partial charge in [-0.3, -0.25) is 4.79 Å². The van der Waals surface area contributed by atoms with Gasteiger partial charge < -0.3 is 19.9 Å². The predicted molar refractivity (Wildman–Crippen MR) is 120 cm³/mol. The molecular weight excluding hydrogens is 456 g/mol. The Morgan fingerprint density at radius 3 is 2.48 bits per heavy atom. The number of benzene rings is 2. The van der Waals surface area contributed by atoms with Crippen molar-refractivity contribution in [1.29, 1.82) is 0 Å². The van der Waals surface area contributed by atoms with Crippen molar-refractivity contribution < 1.29 is 27.8 Å². The number of carbonyl (C=O) groups excluding carboxylic acids is 1. The lowest BCUT2D eigenvalue weighted by atomic mass is 10.1. The first-order chi connectivity index (χ1) is 15.7. The minimum absolute atomic E-state index is 0.00663. The first-order valence-corrected chi connectivity index (χ1v) is 10.6. The molecule has 0 aliphatic carbocycles. The van der Waals surface area contributed by atoms with E-state index in [9.17, 15) is 13.6 Å². The van der Waals surface area contributed by atoms with Crippen molar-refractivity contribution in [2.75, 3.05) is 0 Å². The molecule has 0 spiro atoms. The number of hydrogen-bond acceptors (Lipinski definition) is 5. The minimum Gasteiger partial charge on any atom is -0.489 e. The van der Waals surface area contributed by atoms with E-state index in [1.165, 1.54) is 7.05 Å². The van der Waals surface area contributed by atoms with E-state index >= 15 is 0 Å². The number of alkyl halides is 2. The smallest absolute Gasteiger partial charge is 0.388 e. The van der Waals surface area contributed by atoms with Crippen molar-refractivity contribution in [2.45, 2.75) is 39.6 Å². The number of aromatic nitrogens is 2. The van der Waals surface area contributed by atoms with Crippen molar-refractivity contribution in [3.63, 3.8) is 0 Å². The second-order valence-corrected chi connectivity index (χ2v) is 7.62. The Bertz CT molecular complexity index is 1120. The van der Waals surface area contributed by atoms with Crippen molar-refractivity contribution in [3.8, 4) is 28.6 Å². The zero-order valence-electron chi connectivity index (χ0n) is 18.3. The topological polar surface area (TPSA) is 88.6 Å². The average Bonchev–Trinajstić information content (AvgIpc) is 3.06. The van der Waals surface area contributed by atoms with Crippen LogP contribution in [-0.4, -0.2) is 28.4 Å². The number of amides is 1. The molecule has 3 aromatic rings. The third-order valence-electron chi connectivity index (χ3n) is 4.91. The number of aryl methyl sites for hydroxylation is 2. The van der Waals surface area contributed by atoms with Gasteiger partial charge in [-0.05, 0) is 49.2 Å². The summed E-state index contributed by atoms with van der Waals surface area (Å²) in [5.41, 5.74) is 8.05. The van der Waals surface area contributed by atoms with E-state index in [0.717, 1.165) is 22.2 Å². The maximum atomic E-state index is 12.6. The number of ether oxygens (including phenoxy) is 3. The number of carbonyl (C=O) groups is 1. The maximum absolute atomic E-state index is 12.6. The first kappa shape index (κ1) is 24.3. The molecular formula is C23H24ClF2N3O4. The summed E-state index contributed by atoms with van der Waals surface area (Å²) in [4.78, 5) is 11.4. The van der Waals surface area contributed by atoms with Crippen LogP contribution < -0.4 is 19.9 Å². The Balaban J connectivity index is 1.75. The van der Waals surface area contributed by atoms with Crippen LogP contribution in [0.2, 0.25) is 5.02 Å². The summed E-state index contributed by atoms with van der Waals surface area (Å²) in [6.45, 7) is 0.795. The number of halogens is 3. The summed E-state index contributed by atoms with van der Waals surface area (Å²) < 4.78 is 42.3. The van der Waals surface area contributed by atoms with Gasteiger partial charge in [0.15, 0.2) is 6.10 Å². The predicted octanol–water partition coefficient (Wildman–Crippen LogP) is 4.74. The van der Waals surface area contributed by atoms with Crippen molar-refractivity contribution in [1.82, 2.24) is 9.78 Å². The molecule has 2 N–H and O–H groups in total. The van der Waals surface area contributed by atoms with Crippen molar-refractivity contribution in [3.05, 3.63) is 58.6 Å². The van der Waals surface area contributed by atoms with Crippen LogP contribution in [0.3, 0.4) is 0 Å². The quantitative estimate of drug-likeness (QED) is 0.454.